The Morgan fingerprint density at radius 1 is 0.774 bits per heavy atom. The Labute approximate surface area is 185 Å². The third-order valence-corrected chi connectivity index (χ3v) is 4.83. The lowest BCUT2D eigenvalue weighted by molar-refractivity contribution is 0.103. The number of rotatable bonds is 9. The number of carbonyl (C=O) groups excluding carboxylic acids is 2. The van der Waals surface area contributed by atoms with Crippen LogP contribution in [-0.4, -0.2) is 32.4 Å². The van der Waals surface area contributed by atoms with Crippen molar-refractivity contribution in [2.75, 3.05) is 21.3 Å². The molecule has 3 aromatic rings. The van der Waals surface area contributed by atoms with Crippen LogP contribution in [0.1, 0.15) is 31.8 Å². The van der Waals surface area contributed by atoms with Crippen molar-refractivity contribution in [3.8, 4) is 23.0 Å². The largest absolute Gasteiger partial charge is 0.493 e. The van der Waals surface area contributed by atoms with Gasteiger partial charge < -0.3 is 18.9 Å². The van der Waals surface area contributed by atoms with Gasteiger partial charge in [-0.05, 0) is 47.5 Å². The standard InChI is InChI=1S/C24H21ClO6/c1-28-20-12-16(9-10-19(20)31-14-15-7-5-4-6-8-15)22(26)18-11-17(24(25)27)13-21(29-2)23(18)30-3/h4-13H,14H2,1-3H3. The molecule has 160 valence electrons. The zero-order chi connectivity index (χ0) is 22.4. The zero-order valence-electron chi connectivity index (χ0n) is 17.3. The van der Waals surface area contributed by atoms with E-state index in [0.717, 1.165) is 5.56 Å². The Balaban J connectivity index is 1.95. The van der Waals surface area contributed by atoms with Gasteiger partial charge in [-0.25, -0.2) is 0 Å². The lowest BCUT2D eigenvalue weighted by Crippen LogP contribution is -2.08. The first-order chi connectivity index (χ1) is 15.0. The van der Waals surface area contributed by atoms with Crippen LogP contribution in [0.2, 0.25) is 0 Å². The van der Waals surface area contributed by atoms with Crippen LogP contribution in [0, 0.1) is 0 Å². The third kappa shape index (κ3) is 4.98. The maximum Gasteiger partial charge on any atom is 0.252 e. The fourth-order valence-electron chi connectivity index (χ4n) is 3.07. The molecule has 0 N–H and O–H groups in total. The number of hydrogen-bond acceptors (Lipinski definition) is 6. The molecule has 0 spiro atoms. The van der Waals surface area contributed by atoms with Gasteiger partial charge in [-0.2, -0.15) is 0 Å². The summed E-state index contributed by atoms with van der Waals surface area (Å²) in [7, 11) is 4.32. The lowest BCUT2D eigenvalue weighted by atomic mass is 9.99. The highest BCUT2D eigenvalue weighted by atomic mass is 35.5. The molecule has 0 aliphatic heterocycles. The Morgan fingerprint density at radius 2 is 1.45 bits per heavy atom. The van der Waals surface area contributed by atoms with E-state index in [0.29, 0.717) is 23.7 Å². The molecule has 0 amide bonds. The smallest absolute Gasteiger partial charge is 0.252 e. The minimum Gasteiger partial charge on any atom is -0.493 e. The molecule has 0 saturated carbocycles. The van der Waals surface area contributed by atoms with Crippen molar-refractivity contribution in [1.82, 2.24) is 0 Å². The van der Waals surface area contributed by atoms with E-state index in [9.17, 15) is 9.59 Å². The van der Waals surface area contributed by atoms with Gasteiger partial charge in [-0.1, -0.05) is 30.3 Å². The summed E-state index contributed by atoms with van der Waals surface area (Å²) in [5, 5.41) is -0.711. The van der Waals surface area contributed by atoms with Crippen molar-refractivity contribution in [1.29, 1.82) is 0 Å². The van der Waals surface area contributed by atoms with Gasteiger partial charge in [0.2, 0.25) is 0 Å². The van der Waals surface area contributed by atoms with Gasteiger partial charge in [0.15, 0.2) is 28.8 Å². The molecule has 31 heavy (non-hydrogen) atoms. The molecule has 6 nitrogen and oxygen atoms in total. The maximum atomic E-state index is 13.2. The molecular weight excluding hydrogens is 420 g/mol. The second kappa shape index (κ2) is 10.00. The Kier molecular flexibility index (Phi) is 7.15. The summed E-state index contributed by atoms with van der Waals surface area (Å²) in [5.74, 6) is 0.946. The Morgan fingerprint density at radius 3 is 2.06 bits per heavy atom. The van der Waals surface area contributed by atoms with Crippen LogP contribution in [0.15, 0.2) is 60.7 Å². The van der Waals surface area contributed by atoms with E-state index in [1.165, 1.54) is 33.5 Å². The van der Waals surface area contributed by atoms with E-state index in [-0.39, 0.29) is 28.4 Å². The molecule has 0 unspecified atom stereocenters. The monoisotopic (exact) mass is 440 g/mol. The molecule has 3 rings (SSSR count). The second-order valence-electron chi connectivity index (χ2n) is 6.50. The lowest BCUT2D eigenvalue weighted by Gasteiger charge is -2.15. The van der Waals surface area contributed by atoms with E-state index in [2.05, 4.69) is 0 Å². The zero-order valence-corrected chi connectivity index (χ0v) is 18.1. The number of ether oxygens (including phenoxy) is 4. The minimum absolute atomic E-state index is 0.123. The summed E-state index contributed by atoms with van der Waals surface area (Å²) in [6.45, 7) is 0.357. The van der Waals surface area contributed by atoms with E-state index in [1.54, 1.807) is 18.2 Å². The van der Waals surface area contributed by atoms with Crippen LogP contribution in [0.3, 0.4) is 0 Å². The van der Waals surface area contributed by atoms with E-state index < -0.39 is 5.24 Å². The van der Waals surface area contributed by atoms with Gasteiger partial charge in [-0.3, -0.25) is 9.59 Å². The maximum absolute atomic E-state index is 13.2. The van der Waals surface area contributed by atoms with Crippen molar-refractivity contribution >= 4 is 22.6 Å². The number of carbonyl (C=O) groups is 2. The van der Waals surface area contributed by atoms with E-state index >= 15 is 0 Å². The number of halogens is 1. The Bertz CT molecular complexity index is 1090. The fourth-order valence-corrected chi connectivity index (χ4v) is 3.17. The van der Waals surface area contributed by atoms with Crippen LogP contribution in [0.25, 0.3) is 0 Å². The molecule has 7 heteroatoms. The number of ketones is 1. The SMILES string of the molecule is COc1cc(C(=O)c2cc(C(=O)Cl)cc(OC)c2OC)ccc1OCc1ccccc1. The molecule has 3 aromatic carbocycles. The number of benzene rings is 3. The van der Waals surface area contributed by atoms with Crippen LogP contribution in [0.5, 0.6) is 23.0 Å². The van der Waals surface area contributed by atoms with Crippen molar-refractivity contribution < 1.29 is 28.5 Å². The molecule has 0 radical (unpaired) electrons. The highest BCUT2D eigenvalue weighted by Crippen LogP contribution is 2.36. The van der Waals surface area contributed by atoms with Gasteiger partial charge in [0, 0.05) is 11.1 Å². The molecular formula is C24H21ClO6. The Hall–Kier alpha value is -3.51. The topological polar surface area (TPSA) is 71.1 Å². The summed E-state index contributed by atoms with van der Waals surface area (Å²) in [5.41, 5.74) is 1.59. The summed E-state index contributed by atoms with van der Waals surface area (Å²) >= 11 is 5.62. The average Bonchev–Trinajstić information content (AvgIpc) is 2.81. The molecule has 0 atom stereocenters. The van der Waals surface area contributed by atoms with Crippen LogP contribution in [0.4, 0.5) is 0 Å². The van der Waals surface area contributed by atoms with Crippen LogP contribution < -0.4 is 18.9 Å². The van der Waals surface area contributed by atoms with Gasteiger partial charge in [0.1, 0.15) is 6.61 Å². The second-order valence-corrected chi connectivity index (χ2v) is 6.85. The molecule has 0 aliphatic rings. The van der Waals surface area contributed by atoms with Gasteiger partial charge in [0.25, 0.3) is 5.24 Å². The molecule has 0 aromatic heterocycles. The summed E-state index contributed by atoms with van der Waals surface area (Å²) in [6, 6.07) is 17.4. The quantitative estimate of drug-likeness (QED) is 0.348. The van der Waals surface area contributed by atoms with E-state index in [4.69, 9.17) is 30.5 Å². The first-order valence-electron chi connectivity index (χ1n) is 9.33. The molecule has 0 heterocycles. The van der Waals surface area contributed by atoms with E-state index in [1.807, 2.05) is 30.3 Å². The minimum atomic E-state index is -0.711. The third-order valence-electron chi connectivity index (χ3n) is 4.61. The van der Waals surface area contributed by atoms with Crippen molar-refractivity contribution in [3.05, 3.63) is 82.9 Å². The highest BCUT2D eigenvalue weighted by Gasteiger charge is 2.22. The molecule has 0 aliphatic carbocycles. The van der Waals surface area contributed by atoms with Crippen molar-refractivity contribution in [3.63, 3.8) is 0 Å². The van der Waals surface area contributed by atoms with Crippen molar-refractivity contribution in [2.45, 2.75) is 6.61 Å². The predicted octanol–water partition coefficient (Wildman–Crippen LogP) is 4.90. The van der Waals surface area contributed by atoms with Gasteiger partial charge >= 0.3 is 0 Å². The fraction of sp³-hybridized carbons (Fsp3) is 0.167. The first kappa shape index (κ1) is 22.2. The van der Waals surface area contributed by atoms with Crippen molar-refractivity contribution in [2.24, 2.45) is 0 Å². The predicted molar refractivity (Wildman–Crippen MR) is 117 cm³/mol. The molecule has 0 saturated heterocycles. The normalized spacial score (nSPS) is 10.3. The summed E-state index contributed by atoms with van der Waals surface area (Å²) < 4.78 is 21.9. The van der Waals surface area contributed by atoms with Gasteiger partial charge in [-0.15, -0.1) is 0 Å². The number of methoxy groups -OCH3 is 3. The molecule has 0 fully saturated rings. The summed E-state index contributed by atoms with van der Waals surface area (Å²) in [4.78, 5) is 24.9. The average molecular weight is 441 g/mol. The summed E-state index contributed by atoms with van der Waals surface area (Å²) in [6.07, 6.45) is 0. The highest BCUT2D eigenvalue weighted by molar-refractivity contribution is 6.67. The number of hydrogen-bond donors (Lipinski definition) is 0. The molecule has 0 bridgehead atoms. The van der Waals surface area contributed by atoms with Crippen LogP contribution >= 0.6 is 11.6 Å². The first-order valence-corrected chi connectivity index (χ1v) is 9.71. The van der Waals surface area contributed by atoms with Crippen LogP contribution in [-0.2, 0) is 6.61 Å². The van der Waals surface area contributed by atoms with Gasteiger partial charge in [0.05, 0.1) is 26.9 Å².